The van der Waals surface area contributed by atoms with E-state index >= 15 is 0 Å². The average Bonchev–Trinajstić information content (AvgIpc) is 2.36. The summed E-state index contributed by atoms with van der Waals surface area (Å²) in [5.41, 5.74) is -1.14. The minimum Gasteiger partial charge on any atom is -0.445 e. The number of hydrogen-bond acceptors (Lipinski definition) is 3. The van der Waals surface area contributed by atoms with E-state index in [2.05, 4.69) is 11.6 Å². The van der Waals surface area contributed by atoms with Gasteiger partial charge < -0.3 is 22.6 Å². The van der Waals surface area contributed by atoms with Crippen LogP contribution < -0.4 is 0 Å². The maximum absolute atomic E-state index is 12.7. The monoisotopic (exact) mass is 315 g/mol. The molecule has 1 heterocycles. The molecule has 0 atom stereocenters. The molecule has 0 saturated carbocycles. The highest BCUT2D eigenvalue weighted by Gasteiger charge is 2.30. The molecule has 1 aromatic rings. The summed E-state index contributed by atoms with van der Waals surface area (Å²) >= 11 is 0. The first-order valence-corrected chi connectivity index (χ1v) is 6.73. The summed E-state index contributed by atoms with van der Waals surface area (Å²) in [5.74, 6) is 0. The van der Waals surface area contributed by atoms with Gasteiger partial charge in [-0.2, -0.15) is 0 Å². The van der Waals surface area contributed by atoms with E-state index in [1.54, 1.807) is 39.1 Å². The van der Waals surface area contributed by atoms with Gasteiger partial charge in [0.2, 0.25) is 0 Å². The molecule has 8 heteroatoms. The van der Waals surface area contributed by atoms with Crippen LogP contribution in [0.4, 0.5) is 17.7 Å². The van der Waals surface area contributed by atoms with Crippen LogP contribution in [0.2, 0.25) is 0 Å². The first-order chi connectivity index (χ1) is 9.99. The van der Waals surface area contributed by atoms with Gasteiger partial charge in [-0.3, -0.25) is 4.98 Å². The fourth-order valence-corrected chi connectivity index (χ4v) is 1.57. The lowest BCUT2D eigenvalue weighted by Crippen LogP contribution is -2.40. The second-order valence-corrected chi connectivity index (χ2v) is 5.93. The molecular formula is C14H19BF3N2O2-. The highest BCUT2D eigenvalue weighted by Crippen LogP contribution is 2.21. The van der Waals surface area contributed by atoms with E-state index in [4.69, 9.17) is 4.74 Å². The van der Waals surface area contributed by atoms with E-state index in [1.807, 2.05) is 0 Å². The summed E-state index contributed by atoms with van der Waals surface area (Å²) < 4.78 is 43.3. The molecule has 0 bridgehead atoms. The van der Waals surface area contributed by atoms with Gasteiger partial charge in [0.15, 0.2) is 0 Å². The van der Waals surface area contributed by atoms with Crippen molar-refractivity contribution in [3.05, 3.63) is 42.1 Å². The Bertz CT molecular complexity index is 527. The van der Waals surface area contributed by atoms with Gasteiger partial charge in [-0.25, -0.2) is 4.79 Å². The predicted octanol–water partition coefficient (Wildman–Crippen LogP) is 3.76. The topological polar surface area (TPSA) is 42.4 Å². The molecular weight excluding hydrogens is 296 g/mol. The molecule has 1 rings (SSSR count). The van der Waals surface area contributed by atoms with Crippen LogP contribution in [0.1, 0.15) is 26.3 Å². The van der Waals surface area contributed by atoms with Gasteiger partial charge in [-0.05, 0) is 32.4 Å². The zero-order valence-electron chi connectivity index (χ0n) is 12.9. The summed E-state index contributed by atoms with van der Waals surface area (Å²) in [6, 6.07) is 3.32. The van der Waals surface area contributed by atoms with E-state index in [0.717, 1.165) is 4.90 Å². The predicted molar refractivity (Wildman–Crippen MR) is 79.1 cm³/mol. The van der Waals surface area contributed by atoms with Crippen molar-refractivity contribution in [2.75, 3.05) is 6.54 Å². The third-order valence-electron chi connectivity index (χ3n) is 2.60. The highest BCUT2D eigenvalue weighted by atomic mass is 19.4. The second kappa shape index (κ2) is 6.85. The Morgan fingerprint density at radius 3 is 2.50 bits per heavy atom. The molecule has 0 aliphatic carbocycles. The minimum atomic E-state index is -5.21. The van der Waals surface area contributed by atoms with Crippen molar-refractivity contribution in [2.45, 2.75) is 32.9 Å². The zero-order chi connectivity index (χ0) is 17.0. The number of rotatable bonds is 5. The molecule has 0 aliphatic heterocycles. The van der Waals surface area contributed by atoms with E-state index in [1.165, 1.54) is 6.20 Å². The number of carbonyl (C=O) groups is 1. The summed E-state index contributed by atoms with van der Waals surface area (Å²) in [6.45, 7) is 2.09. The summed E-state index contributed by atoms with van der Waals surface area (Å²) in [5, 5.41) is 0. The van der Waals surface area contributed by atoms with Gasteiger partial charge in [0.25, 0.3) is 0 Å². The third-order valence-corrected chi connectivity index (χ3v) is 2.60. The van der Waals surface area contributed by atoms with Crippen molar-refractivity contribution in [3.63, 3.8) is 0 Å². The van der Waals surface area contributed by atoms with E-state index < -0.39 is 30.7 Å². The quantitative estimate of drug-likeness (QED) is 0.777. The van der Waals surface area contributed by atoms with E-state index in [9.17, 15) is 17.7 Å². The van der Waals surface area contributed by atoms with Crippen LogP contribution in [0, 0.1) is 0 Å². The molecule has 0 fully saturated rings. The molecule has 122 valence electrons. The summed E-state index contributed by atoms with van der Waals surface area (Å²) in [4.78, 5) is 17.0. The maximum Gasteiger partial charge on any atom is 0.506 e. The Kier molecular flexibility index (Phi) is 5.62. The normalized spacial score (nSPS) is 11.9. The first-order valence-electron chi connectivity index (χ1n) is 6.73. The van der Waals surface area contributed by atoms with Gasteiger partial charge in [0, 0.05) is 18.9 Å². The molecule has 1 amide bonds. The lowest BCUT2D eigenvalue weighted by atomic mass is 9.80. The van der Waals surface area contributed by atoms with Gasteiger partial charge in [-0.15, -0.1) is 12.1 Å². The van der Waals surface area contributed by atoms with Gasteiger partial charge >= 0.3 is 13.1 Å². The lowest BCUT2D eigenvalue weighted by Gasteiger charge is -2.30. The average molecular weight is 315 g/mol. The zero-order valence-corrected chi connectivity index (χ0v) is 12.9. The number of hydrogen-bond donors (Lipinski definition) is 0. The molecule has 0 saturated heterocycles. The minimum absolute atomic E-state index is 0.0338. The van der Waals surface area contributed by atoms with Crippen molar-refractivity contribution in [3.8, 4) is 0 Å². The molecule has 0 unspecified atom stereocenters. The molecule has 0 radical (unpaired) electrons. The molecule has 0 aliphatic rings. The van der Waals surface area contributed by atoms with Gasteiger partial charge in [0.05, 0.1) is 6.54 Å². The fraction of sp³-hybridized carbons (Fsp3) is 0.429. The summed E-state index contributed by atoms with van der Waals surface area (Å²) in [7, 11) is 0. The molecule has 4 nitrogen and oxygen atoms in total. The van der Waals surface area contributed by atoms with Crippen LogP contribution in [0.5, 0.6) is 0 Å². The van der Waals surface area contributed by atoms with E-state index in [0.29, 0.717) is 5.56 Å². The second-order valence-electron chi connectivity index (χ2n) is 5.93. The number of aromatic nitrogens is 1. The highest BCUT2D eigenvalue weighted by molar-refractivity contribution is 6.66. The number of nitrogens with zero attached hydrogens (tertiary/aromatic N) is 2. The fourth-order valence-electron chi connectivity index (χ4n) is 1.57. The van der Waals surface area contributed by atoms with Crippen LogP contribution in [-0.4, -0.2) is 35.1 Å². The molecule has 0 N–H and O–H groups in total. The van der Waals surface area contributed by atoms with Crippen LogP contribution in [0.25, 0.3) is 0 Å². The van der Waals surface area contributed by atoms with Crippen LogP contribution in [-0.2, 0) is 11.3 Å². The number of ether oxygens (including phenoxy) is 1. The van der Waals surface area contributed by atoms with Crippen molar-refractivity contribution in [1.82, 2.24) is 9.88 Å². The number of carbonyl (C=O) groups excluding carboxylic acids is 1. The van der Waals surface area contributed by atoms with Crippen LogP contribution in [0.3, 0.4) is 0 Å². The Morgan fingerprint density at radius 1 is 1.41 bits per heavy atom. The first kappa shape index (κ1) is 18.1. The SMILES string of the molecule is C=C(CN(Cc1cccnc1)C(=O)OC(C)(C)C)[B-](F)(F)F. The summed E-state index contributed by atoms with van der Waals surface area (Å²) in [6.07, 6.45) is 2.20. The molecule has 1 aromatic heterocycles. The van der Waals surface area contributed by atoms with Crippen molar-refractivity contribution >= 4 is 13.1 Å². The smallest absolute Gasteiger partial charge is 0.445 e. The van der Waals surface area contributed by atoms with Crippen LogP contribution >= 0.6 is 0 Å². The number of pyridine rings is 1. The van der Waals surface area contributed by atoms with Crippen molar-refractivity contribution in [1.29, 1.82) is 0 Å². The van der Waals surface area contributed by atoms with Crippen molar-refractivity contribution < 1.29 is 22.5 Å². The lowest BCUT2D eigenvalue weighted by molar-refractivity contribution is 0.0253. The third kappa shape index (κ3) is 6.20. The molecule has 0 spiro atoms. The Hall–Kier alpha value is -1.99. The Labute approximate surface area is 128 Å². The largest absolute Gasteiger partial charge is 0.506 e. The maximum atomic E-state index is 12.7. The van der Waals surface area contributed by atoms with Crippen LogP contribution in [0.15, 0.2) is 36.6 Å². The Balaban J connectivity index is 2.90. The standard InChI is InChI=1S/C14H19BF3N2O2/c1-11(15(16,17)18)9-20(13(21)22-14(2,3)4)10-12-6-5-7-19-8-12/h5-8H,1,9-10H2,2-4H3/q-1. The van der Waals surface area contributed by atoms with Gasteiger partial charge in [0.1, 0.15) is 5.60 Å². The number of amides is 1. The number of halogens is 3. The van der Waals surface area contributed by atoms with E-state index in [-0.39, 0.29) is 6.54 Å². The van der Waals surface area contributed by atoms with Gasteiger partial charge in [-0.1, -0.05) is 6.07 Å². The van der Waals surface area contributed by atoms with Crippen molar-refractivity contribution in [2.24, 2.45) is 0 Å². The Morgan fingerprint density at radius 2 is 2.05 bits per heavy atom. The molecule has 22 heavy (non-hydrogen) atoms. The molecule has 0 aromatic carbocycles.